The first-order chi connectivity index (χ1) is 14.1. The first-order valence-electron chi connectivity index (χ1n) is 9.65. The van der Waals surface area contributed by atoms with Gasteiger partial charge in [-0.1, -0.05) is 84.4 Å². The first kappa shape index (κ1) is 19.3. The summed E-state index contributed by atoms with van der Waals surface area (Å²) in [5, 5.41) is 3.53. The molecule has 1 N–H and O–H groups in total. The number of benzene rings is 3. The molecule has 0 radical (unpaired) electrons. The summed E-state index contributed by atoms with van der Waals surface area (Å²) in [6.45, 7) is 2.69. The van der Waals surface area contributed by atoms with Gasteiger partial charge in [0, 0.05) is 17.5 Å². The van der Waals surface area contributed by atoms with Crippen LogP contribution in [0.3, 0.4) is 0 Å². The molecule has 3 aromatic rings. The van der Waals surface area contributed by atoms with Crippen LogP contribution in [0.25, 0.3) is 17.2 Å². The standard InChI is InChI=1S/C25H22ClNO2/c1-17-15-18(12-13-24(17)26)7-6-14-27-25(28)29-16-23-21-10-4-2-8-19(21)20-9-3-5-11-22(20)23/h2-13,15,23H,14,16H2,1H3,(H,27,28). The normalized spacial score (nSPS) is 12.6. The van der Waals surface area contributed by atoms with Crippen molar-refractivity contribution in [3.63, 3.8) is 0 Å². The van der Waals surface area contributed by atoms with Gasteiger partial charge in [0.15, 0.2) is 0 Å². The van der Waals surface area contributed by atoms with Crippen LogP contribution in [0.15, 0.2) is 72.8 Å². The monoisotopic (exact) mass is 403 g/mol. The van der Waals surface area contributed by atoms with Gasteiger partial charge >= 0.3 is 6.09 Å². The number of amides is 1. The maximum Gasteiger partial charge on any atom is 0.407 e. The highest BCUT2D eigenvalue weighted by Gasteiger charge is 2.28. The van der Waals surface area contributed by atoms with E-state index in [1.54, 1.807) is 0 Å². The zero-order chi connectivity index (χ0) is 20.2. The molecule has 4 heteroatoms. The molecule has 0 aliphatic heterocycles. The Morgan fingerprint density at radius 3 is 2.34 bits per heavy atom. The van der Waals surface area contributed by atoms with Crippen molar-refractivity contribution in [2.45, 2.75) is 12.8 Å². The lowest BCUT2D eigenvalue weighted by Gasteiger charge is -2.14. The smallest absolute Gasteiger partial charge is 0.407 e. The molecule has 0 atom stereocenters. The molecule has 1 aliphatic carbocycles. The largest absolute Gasteiger partial charge is 0.449 e. The predicted molar refractivity (Wildman–Crippen MR) is 118 cm³/mol. The fourth-order valence-electron chi connectivity index (χ4n) is 3.76. The summed E-state index contributed by atoms with van der Waals surface area (Å²) in [5.41, 5.74) is 6.93. The minimum atomic E-state index is -0.413. The molecule has 0 saturated carbocycles. The van der Waals surface area contributed by atoms with Crippen molar-refractivity contribution in [1.82, 2.24) is 5.32 Å². The van der Waals surface area contributed by atoms with Gasteiger partial charge in [0.05, 0.1) is 0 Å². The highest BCUT2D eigenvalue weighted by Crippen LogP contribution is 2.44. The third kappa shape index (κ3) is 4.20. The topological polar surface area (TPSA) is 38.3 Å². The van der Waals surface area contributed by atoms with Crippen molar-refractivity contribution in [1.29, 1.82) is 0 Å². The summed E-state index contributed by atoms with van der Waals surface area (Å²) < 4.78 is 5.53. The van der Waals surface area contributed by atoms with E-state index in [1.807, 2.05) is 61.5 Å². The van der Waals surface area contributed by atoms with E-state index in [0.717, 1.165) is 16.1 Å². The maximum atomic E-state index is 12.1. The van der Waals surface area contributed by atoms with Crippen LogP contribution in [-0.2, 0) is 4.74 Å². The van der Waals surface area contributed by atoms with Crippen LogP contribution >= 0.6 is 11.6 Å². The van der Waals surface area contributed by atoms with Gasteiger partial charge in [0.1, 0.15) is 6.61 Å². The van der Waals surface area contributed by atoms with E-state index in [0.29, 0.717) is 13.2 Å². The number of halogens is 1. The van der Waals surface area contributed by atoms with Gasteiger partial charge in [0.2, 0.25) is 0 Å². The van der Waals surface area contributed by atoms with Gasteiger partial charge in [-0.2, -0.15) is 0 Å². The zero-order valence-electron chi connectivity index (χ0n) is 16.2. The molecule has 0 unspecified atom stereocenters. The van der Waals surface area contributed by atoms with Crippen molar-refractivity contribution >= 4 is 23.8 Å². The first-order valence-corrected chi connectivity index (χ1v) is 10.0. The number of alkyl carbamates (subject to hydrolysis) is 1. The minimum absolute atomic E-state index is 0.0701. The Balaban J connectivity index is 1.33. The number of carbonyl (C=O) groups excluding carboxylic acids is 1. The average molecular weight is 404 g/mol. The van der Waals surface area contributed by atoms with Gasteiger partial charge in [-0.15, -0.1) is 0 Å². The lowest BCUT2D eigenvalue weighted by molar-refractivity contribution is 0.144. The van der Waals surface area contributed by atoms with E-state index in [2.05, 4.69) is 29.6 Å². The lowest BCUT2D eigenvalue weighted by atomic mass is 9.98. The van der Waals surface area contributed by atoms with Crippen molar-refractivity contribution < 1.29 is 9.53 Å². The highest BCUT2D eigenvalue weighted by atomic mass is 35.5. The Morgan fingerprint density at radius 2 is 1.69 bits per heavy atom. The zero-order valence-corrected chi connectivity index (χ0v) is 16.9. The fourth-order valence-corrected chi connectivity index (χ4v) is 3.88. The van der Waals surface area contributed by atoms with Crippen LogP contribution < -0.4 is 5.32 Å². The molecule has 4 rings (SSSR count). The Morgan fingerprint density at radius 1 is 1.03 bits per heavy atom. The van der Waals surface area contributed by atoms with E-state index < -0.39 is 6.09 Å². The minimum Gasteiger partial charge on any atom is -0.449 e. The number of fused-ring (bicyclic) bond motifs is 3. The van der Waals surface area contributed by atoms with E-state index in [-0.39, 0.29) is 5.92 Å². The van der Waals surface area contributed by atoms with E-state index in [4.69, 9.17) is 16.3 Å². The molecular formula is C25H22ClNO2. The number of aryl methyl sites for hydroxylation is 1. The summed E-state index contributed by atoms with van der Waals surface area (Å²) in [5.74, 6) is 0.0701. The third-order valence-corrected chi connectivity index (χ3v) is 5.62. The van der Waals surface area contributed by atoms with Crippen LogP contribution in [0.2, 0.25) is 5.02 Å². The van der Waals surface area contributed by atoms with Gasteiger partial charge in [-0.05, 0) is 46.4 Å². The molecule has 3 aromatic carbocycles. The predicted octanol–water partition coefficient (Wildman–Crippen LogP) is 6.20. The second kappa shape index (κ2) is 8.54. The molecule has 0 fully saturated rings. The van der Waals surface area contributed by atoms with Gasteiger partial charge in [0.25, 0.3) is 0 Å². The number of hydrogen-bond acceptors (Lipinski definition) is 2. The van der Waals surface area contributed by atoms with Crippen molar-refractivity contribution in [2.24, 2.45) is 0 Å². The van der Waals surface area contributed by atoms with Crippen LogP contribution in [0.4, 0.5) is 4.79 Å². The summed E-state index contributed by atoms with van der Waals surface area (Å²) in [6.07, 6.45) is 3.43. The molecule has 0 heterocycles. The molecule has 0 saturated heterocycles. The Labute approximate surface area is 176 Å². The summed E-state index contributed by atoms with van der Waals surface area (Å²) >= 11 is 6.04. The fraction of sp³-hybridized carbons (Fsp3) is 0.160. The highest BCUT2D eigenvalue weighted by molar-refractivity contribution is 6.31. The average Bonchev–Trinajstić information content (AvgIpc) is 3.06. The molecular weight excluding hydrogens is 382 g/mol. The SMILES string of the molecule is Cc1cc(C=CCNC(=O)OCC2c3ccccc3-c3ccccc32)ccc1Cl. The molecule has 3 nitrogen and oxygen atoms in total. The van der Waals surface area contributed by atoms with E-state index in [9.17, 15) is 4.79 Å². The second-order valence-electron chi connectivity index (χ2n) is 7.12. The number of hydrogen-bond donors (Lipinski definition) is 1. The summed E-state index contributed by atoms with van der Waals surface area (Å²) in [6, 6.07) is 22.4. The van der Waals surface area contributed by atoms with Gasteiger partial charge in [-0.3, -0.25) is 0 Å². The second-order valence-corrected chi connectivity index (χ2v) is 7.52. The lowest BCUT2D eigenvalue weighted by Crippen LogP contribution is -2.26. The third-order valence-electron chi connectivity index (χ3n) is 5.20. The van der Waals surface area contributed by atoms with Crippen molar-refractivity contribution in [3.8, 4) is 11.1 Å². The van der Waals surface area contributed by atoms with Crippen LogP contribution in [-0.4, -0.2) is 19.2 Å². The molecule has 146 valence electrons. The number of rotatable bonds is 5. The molecule has 0 bridgehead atoms. The Bertz CT molecular complexity index is 1030. The van der Waals surface area contributed by atoms with Crippen LogP contribution in [0, 0.1) is 6.92 Å². The van der Waals surface area contributed by atoms with Crippen molar-refractivity contribution in [3.05, 3.63) is 100 Å². The molecule has 0 aromatic heterocycles. The number of carbonyl (C=O) groups is 1. The number of nitrogens with one attached hydrogen (secondary N) is 1. The summed E-state index contributed by atoms with van der Waals surface area (Å²) in [4.78, 5) is 12.1. The Kier molecular flexibility index (Phi) is 5.68. The molecule has 1 aliphatic rings. The van der Waals surface area contributed by atoms with Gasteiger partial charge < -0.3 is 10.1 Å². The molecule has 29 heavy (non-hydrogen) atoms. The van der Waals surface area contributed by atoms with E-state index in [1.165, 1.54) is 22.3 Å². The maximum absolute atomic E-state index is 12.1. The van der Waals surface area contributed by atoms with Crippen LogP contribution in [0.5, 0.6) is 0 Å². The summed E-state index contributed by atoms with van der Waals surface area (Å²) in [7, 11) is 0. The Hall–Kier alpha value is -3.04. The molecule has 1 amide bonds. The van der Waals surface area contributed by atoms with Crippen molar-refractivity contribution in [2.75, 3.05) is 13.2 Å². The quantitative estimate of drug-likeness (QED) is 0.550. The van der Waals surface area contributed by atoms with Gasteiger partial charge in [-0.25, -0.2) is 4.79 Å². The number of ether oxygens (including phenoxy) is 1. The van der Waals surface area contributed by atoms with E-state index >= 15 is 0 Å². The molecule has 0 spiro atoms. The van der Waals surface area contributed by atoms with Crippen LogP contribution in [0.1, 0.15) is 28.2 Å².